The van der Waals surface area contributed by atoms with Gasteiger partial charge in [0, 0.05) is 11.3 Å². The number of hydrogen-bond donors (Lipinski definition) is 2. The molecule has 7 rings (SSSR count). The van der Waals surface area contributed by atoms with Crippen LogP contribution in [0.4, 0.5) is 0 Å². The number of aliphatic hydroxyl groups is 1. The molecule has 0 aliphatic heterocycles. The van der Waals surface area contributed by atoms with E-state index in [0.29, 0.717) is 12.8 Å². The Labute approximate surface area is 307 Å². The lowest BCUT2D eigenvalue weighted by Gasteiger charge is -2.70. The largest absolute Gasteiger partial charge is 0.453 e. The summed E-state index contributed by atoms with van der Waals surface area (Å²) in [4.78, 5) is 28.3. The quantitative estimate of drug-likeness (QED) is 0.257. The molecule has 12 heteroatoms. The van der Waals surface area contributed by atoms with Crippen molar-refractivity contribution < 1.29 is 37.4 Å². The highest BCUT2D eigenvalue weighted by molar-refractivity contribution is 7.91. The first-order valence-electron chi connectivity index (χ1n) is 19.0. The second-order valence-corrected chi connectivity index (χ2v) is 20.5. The lowest BCUT2D eigenvalue weighted by molar-refractivity contribution is -0.832. The van der Waals surface area contributed by atoms with E-state index in [1.807, 2.05) is 13.0 Å². The van der Waals surface area contributed by atoms with E-state index in [9.17, 15) is 28.3 Å². The van der Waals surface area contributed by atoms with E-state index in [1.54, 1.807) is 18.2 Å². The Morgan fingerprint density at radius 1 is 1.02 bits per heavy atom. The zero-order valence-electron chi connectivity index (χ0n) is 31.7. The van der Waals surface area contributed by atoms with Gasteiger partial charge in [-0.15, -0.1) is 0 Å². The molecular formula is C40H55N3O8S. The van der Waals surface area contributed by atoms with Crippen LogP contribution in [0.15, 0.2) is 56.5 Å². The lowest BCUT2D eigenvalue weighted by Crippen LogP contribution is -2.66. The van der Waals surface area contributed by atoms with E-state index in [-0.39, 0.29) is 85.6 Å². The molecule has 5 aliphatic carbocycles. The highest BCUT2D eigenvalue weighted by Crippen LogP contribution is 2.75. The molecule has 0 radical (unpaired) electrons. The molecule has 284 valence electrons. The maximum Gasteiger partial charge on any atom is 0.415 e. The van der Waals surface area contributed by atoms with Gasteiger partial charge in [-0.3, -0.25) is 14.2 Å². The predicted molar refractivity (Wildman–Crippen MR) is 191 cm³/mol. The van der Waals surface area contributed by atoms with Crippen LogP contribution in [-0.4, -0.2) is 49.6 Å². The van der Waals surface area contributed by atoms with E-state index in [0.717, 1.165) is 44.9 Å². The van der Waals surface area contributed by atoms with Crippen LogP contribution in [0.2, 0.25) is 0 Å². The number of hydrogen-bond acceptors (Lipinski definition) is 9. The van der Waals surface area contributed by atoms with Crippen LogP contribution in [0.1, 0.15) is 106 Å². The van der Waals surface area contributed by atoms with Gasteiger partial charge in [0.2, 0.25) is 5.91 Å². The first-order valence-corrected chi connectivity index (χ1v) is 20.5. The van der Waals surface area contributed by atoms with Gasteiger partial charge in [-0.2, -0.15) is 0 Å². The van der Waals surface area contributed by atoms with E-state index in [1.165, 1.54) is 17.7 Å². The lowest BCUT2D eigenvalue weighted by atomic mass is 9.33. The van der Waals surface area contributed by atoms with Crippen LogP contribution in [0.25, 0.3) is 0 Å². The molecule has 11 nitrogen and oxygen atoms in total. The van der Waals surface area contributed by atoms with Crippen molar-refractivity contribution >= 4 is 21.5 Å². The standard InChI is InChI=1S/C40H55N3O8S/c1-35(2)29-13-16-40(7)31(38(29,5)15-14-30(35)45)28(44)23-26-27-24-37(4,18-17-36(27,3)19-20-39(26,40)6)34(46)41-21-22-50-32-33(43(47)51-42-32)52(48,49)25-11-9-8-10-12-25/h8-12,23,27,29-31,45H,13-22,24H2,1-7H3,(H,41,46)/t27-,29-,30-,31+,36+,37-,38-,39+,40+/m0/s1. The number of aliphatic hydroxyl groups excluding tert-OH is 1. The Morgan fingerprint density at radius 2 is 1.71 bits per heavy atom. The minimum atomic E-state index is -4.26. The van der Waals surface area contributed by atoms with Crippen molar-refractivity contribution in [1.29, 1.82) is 0 Å². The number of ether oxygens (including phenoxy) is 1. The maximum absolute atomic E-state index is 14.6. The third-order valence-electron chi connectivity index (χ3n) is 15.6. The summed E-state index contributed by atoms with van der Waals surface area (Å²) in [5.74, 6) is -0.110. The molecule has 2 N–H and O–H groups in total. The van der Waals surface area contributed by atoms with E-state index in [2.05, 4.69) is 56.6 Å². The molecule has 0 unspecified atom stereocenters. The molecule has 4 fully saturated rings. The number of carbonyl (C=O) groups excluding carboxylic acids is 2. The number of carbonyl (C=O) groups is 2. The van der Waals surface area contributed by atoms with Gasteiger partial charge < -0.3 is 20.4 Å². The third-order valence-corrected chi connectivity index (χ3v) is 17.3. The highest BCUT2D eigenvalue weighted by atomic mass is 32.2. The number of sulfone groups is 1. The van der Waals surface area contributed by atoms with Gasteiger partial charge in [0.15, 0.2) is 5.78 Å². The number of allylic oxidation sites excluding steroid dienone is 2. The van der Waals surface area contributed by atoms with Gasteiger partial charge in [-0.25, -0.2) is 8.42 Å². The smallest absolute Gasteiger partial charge is 0.415 e. The molecule has 0 spiro atoms. The zero-order chi connectivity index (χ0) is 37.7. The fourth-order valence-corrected chi connectivity index (χ4v) is 13.4. The van der Waals surface area contributed by atoms with Gasteiger partial charge >= 0.3 is 10.9 Å². The van der Waals surface area contributed by atoms with Crippen molar-refractivity contribution in [2.45, 2.75) is 122 Å². The van der Waals surface area contributed by atoms with Crippen molar-refractivity contribution in [3.8, 4) is 5.88 Å². The first-order chi connectivity index (χ1) is 24.2. The molecule has 4 saturated carbocycles. The SMILES string of the molecule is CC1(C)[C@@H](O)CC[C@]2(C)[C@H]3C(=O)C=C4[C@@H]5C[C@@](C)(C(=O)NCCOc6no[n+]([O-])c6S(=O)(=O)c6ccccc6)CC[C@]5(C)CC[C@@]4(C)[C@]3(C)CC[C@@H]12. The Morgan fingerprint density at radius 3 is 2.42 bits per heavy atom. The minimum absolute atomic E-state index is 0.0168. The van der Waals surface area contributed by atoms with E-state index >= 15 is 0 Å². The Bertz CT molecular complexity index is 1910. The molecule has 2 aromatic rings. The van der Waals surface area contributed by atoms with Crippen molar-refractivity contribution in [2.24, 2.45) is 50.2 Å². The number of aromatic nitrogens is 2. The molecule has 52 heavy (non-hydrogen) atoms. The molecule has 1 aromatic carbocycles. The molecule has 1 aromatic heterocycles. The fourth-order valence-electron chi connectivity index (χ4n) is 12.1. The number of nitrogens with zero attached hydrogens (tertiary/aromatic N) is 2. The monoisotopic (exact) mass is 737 g/mol. The summed E-state index contributed by atoms with van der Waals surface area (Å²) < 4.78 is 36.4. The van der Waals surface area contributed by atoms with Crippen LogP contribution in [-0.2, 0) is 19.4 Å². The van der Waals surface area contributed by atoms with Gasteiger partial charge in [0.25, 0.3) is 9.84 Å². The normalized spacial score (nSPS) is 39.6. The van der Waals surface area contributed by atoms with Gasteiger partial charge in [0.05, 0.1) is 22.7 Å². The molecule has 1 heterocycles. The van der Waals surface area contributed by atoms with Crippen molar-refractivity contribution in [1.82, 2.24) is 10.5 Å². The predicted octanol–water partition coefficient (Wildman–Crippen LogP) is 5.98. The van der Waals surface area contributed by atoms with Crippen LogP contribution < -0.4 is 15.0 Å². The summed E-state index contributed by atoms with van der Waals surface area (Å²) in [6.07, 6.45) is 9.45. The third kappa shape index (κ3) is 5.23. The minimum Gasteiger partial charge on any atom is -0.453 e. The number of ketones is 1. The van der Waals surface area contributed by atoms with Crippen LogP contribution in [0.5, 0.6) is 5.88 Å². The average molecular weight is 738 g/mol. The van der Waals surface area contributed by atoms with Crippen molar-refractivity contribution in [3.63, 3.8) is 0 Å². The topological polar surface area (TPSA) is 163 Å². The molecule has 1 amide bonds. The first kappa shape index (κ1) is 37.1. The summed E-state index contributed by atoms with van der Waals surface area (Å²) in [5.41, 5.74) is -0.309. The molecule has 0 saturated heterocycles. The summed E-state index contributed by atoms with van der Waals surface area (Å²) >= 11 is 0. The molecule has 0 bridgehead atoms. The Kier molecular flexibility index (Phi) is 8.65. The van der Waals surface area contributed by atoms with E-state index < -0.39 is 26.2 Å². The van der Waals surface area contributed by atoms with Gasteiger partial charge in [-0.1, -0.05) is 72.2 Å². The maximum atomic E-state index is 14.6. The number of rotatable bonds is 7. The summed E-state index contributed by atoms with van der Waals surface area (Å²) in [7, 11) is -4.26. The second kappa shape index (κ2) is 12.1. The number of amides is 1. The fraction of sp³-hybridized carbons (Fsp3) is 0.700. The highest BCUT2D eigenvalue weighted by Gasteiger charge is 2.70. The summed E-state index contributed by atoms with van der Waals surface area (Å²) in [6.45, 7) is 15.8. The molecular weight excluding hydrogens is 683 g/mol. The molecule has 9 atom stereocenters. The van der Waals surface area contributed by atoms with Crippen LogP contribution in [0.3, 0.4) is 0 Å². The second-order valence-electron chi connectivity index (χ2n) is 18.6. The Hall–Kier alpha value is -3.25. The van der Waals surface area contributed by atoms with Crippen molar-refractivity contribution in [3.05, 3.63) is 47.2 Å². The zero-order valence-corrected chi connectivity index (χ0v) is 32.5. The Balaban J connectivity index is 1.08. The number of nitrogens with one attached hydrogen (secondary N) is 1. The molecule has 5 aliphatic rings. The van der Waals surface area contributed by atoms with Gasteiger partial charge in [0.1, 0.15) is 6.61 Å². The van der Waals surface area contributed by atoms with Crippen LogP contribution >= 0.6 is 0 Å². The average Bonchev–Trinajstić information content (AvgIpc) is 3.47. The number of benzene rings is 1. The van der Waals surface area contributed by atoms with Crippen LogP contribution in [0, 0.1) is 55.5 Å². The summed E-state index contributed by atoms with van der Waals surface area (Å²) in [5, 5.41) is 29.1. The van der Waals surface area contributed by atoms with E-state index in [4.69, 9.17) is 4.74 Å². The number of fused-ring (bicyclic) bond motifs is 7. The van der Waals surface area contributed by atoms with Gasteiger partial charge in [-0.05, 0) is 120 Å². The summed E-state index contributed by atoms with van der Waals surface area (Å²) in [6, 6.07) is 7.48. The van der Waals surface area contributed by atoms with Crippen molar-refractivity contribution in [2.75, 3.05) is 13.2 Å².